The molecule has 84 valence electrons. The van der Waals surface area contributed by atoms with Crippen molar-refractivity contribution in [2.75, 3.05) is 0 Å². The lowest BCUT2D eigenvalue weighted by Gasteiger charge is -1.95. The molecular formula is C12H14N2OS. The van der Waals surface area contributed by atoms with E-state index in [2.05, 4.69) is 11.6 Å². The minimum atomic E-state index is -0.0784. The van der Waals surface area contributed by atoms with Gasteiger partial charge in [-0.25, -0.2) is 4.98 Å². The Hall–Kier alpha value is -1.52. The van der Waals surface area contributed by atoms with E-state index in [1.54, 1.807) is 30.5 Å². The molecule has 0 saturated carbocycles. The van der Waals surface area contributed by atoms with Crippen LogP contribution in [0.25, 0.3) is 0 Å². The summed E-state index contributed by atoms with van der Waals surface area (Å²) in [6.45, 7) is 5.79. The summed E-state index contributed by atoms with van der Waals surface area (Å²) < 4.78 is 0. The highest BCUT2D eigenvalue weighted by Gasteiger charge is 2.13. The van der Waals surface area contributed by atoms with Crippen molar-refractivity contribution in [3.63, 3.8) is 0 Å². The first kappa shape index (κ1) is 12.5. The van der Waals surface area contributed by atoms with Crippen LogP contribution in [0, 0.1) is 0 Å². The van der Waals surface area contributed by atoms with E-state index in [9.17, 15) is 4.79 Å². The predicted molar refractivity (Wildman–Crippen MR) is 67.4 cm³/mol. The Morgan fingerprint density at radius 2 is 2.44 bits per heavy atom. The zero-order chi connectivity index (χ0) is 12.0. The third kappa shape index (κ3) is 2.98. The number of carbonyl (C=O) groups excluding carboxylic acids is 1. The summed E-state index contributed by atoms with van der Waals surface area (Å²) in [5.41, 5.74) is 6.08. The molecule has 16 heavy (non-hydrogen) atoms. The highest BCUT2D eigenvalue weighted by Crippen LogP contribution is 2.16. The summed E-state index contributed by atoms with van der Waals surface area (Å²) in [6, 6.07) is 0. The number of allylic oxidation sites excluding steroid dienone is 5. The quantitative estimate of drug-likeness (QED) is 0.484. The van der Waals surface area contributed by atoms with Crippen LogP contribution in [-0.2, 0) is 6.54 Å². The Morgan fingerprint density at radius 1 is 1.69 bits per heavy atom. The van der Waals surface area contributed by atoms with Crippen molar-refractivity contribution in [3.8, 4) is 0 Å². The number of rotatable bonds is 5. The predicted octanol–water partition coefficient (Wildman–Crippen LogP) is 2.47. The van der Waals surface area contributed by atoms with Crippen LogP contribution in [0.15, 0.2) is 42.7 Å². The fourth-order valence-electron chi connectivity index (χ4n) is 1.11. The molecule has 0 unspecified atom stereocenters. The standard InChI is InChI=1S/C12H14N2OS/c1-3-5-6-9(4-2)11(15)12-14-8-10(7-13)16-12/h3-6,8H,1,7,13H2,2H3/b6-5-,9-4+. The average Bonchev–Trinajstić information content (AvgIpc) is 2.78. The fourth-order valence-corrected chi connectivity index (χ4v) is 1.86. The molecule has 0 fully saturated rings. The highest BCUT2D eigenvalue weighted by molar-refractivity contribution is 7.13. The van der Waals surface area contributed by atoms with Crippen LogP contribution in [0.4, 0.5) is 0 Å². The Balaban J connectivity index is 2.91. The Morgan fingerprint density at radius 3 is 2.94 bits per heavy atom. The second-order valence-corrected chi connectivity index (χ2v) is 4.12. The minimum absolute atomic E-state index is 0.0784. The van der Waals surface area contributed by atoms with E-state index in [0.29, 0.717) is 17.1 Å². The van der Waals surface area contributed by atoms with Gasteiger partial charge in [0.15, 0.2) is 5.01 Å². The lowest BCUT2D eigenvalue weighted by atomic mass is 10.1. The van der Waals surface area contributed by atoms with Gasteiger partial charge in [0.2, 0.25) is 5.78 Å². The third-order valence-electron chi connectivity index (χ3n) is 1.93. The number of thiazole rings is 1. The lowest BCUT2D eigenvalue weighted by molar-refractivity contribution is 0.103. The monoisotopic (exact) mass is 234 g/mol. The lowest BCUT2D eigenvalue weighted by Crippen LogP contribution is -2.00. The van der Waals surface area contributed by atoms with Gasteiger partial charge in [0.1, 0.15) is 0 Å². The van der Waals surface area contributed by atoms with E-state index in [1.165, 1.54) is 11.3 Å². The number of carbonyl (C=O) groups is 1. The molecule has 0 atom stereocenters. The summed E-state index contributed by atoms with van der Waals surface area (Å²) in [7, 11) is 0. The van der Waals surface area contributed by atoms with Gasteiger partial charge in [-0.3, -0.25) is 4.79 Å². The molecule has 0 aromatic carbocycles. The maximum atomic E-state index is 12.0. The molecule has 0 radical (unpaired) electrons. The van der Waals surface area contributed by atoms with E-state index in [-0.39, 0.29) is 5.78 Å². The van der Waals surface area contributed by atoms with Crippen LogP contribution in [0.1, 0.15) is 21.6 Å². The smallest absolute Gasteiger partial charge is 0.221 e. The van der Waals surface area contributed by atoms with Gasteiger partial charge in [-0.15, -0.1) is 11.3 Å². The van der Waals surface area contributed by atoms with Crippen LogP contribution in [0.3, 0.4) is 0 Å². The zero-order valence-corrected chi connectivity index (χ0v) is 9.96. The van der Waals surface area contributed by atoms with Crippen molar-refractivity contribution in [1.82, 2.24) is 4.98 Å². The first-order valence-corrected chi connectivity index (χ1v) is 5.69. The molecule has 0 saturated heterocycles. The molecule has 1 aromatic rings. The summed E-state index contributed by atoms with van der Waals surface area (Å²) in [5, 5.41) is 0.474. The first-order valence-electron chi connectivity index (χ1n) is 4.87. The van der Waals surface area contributed by atoms with Gasteiger partial charge in [0.05, 0.1) is 0 Å². The van der Waals surface area contributed by atoms with Crippen molar-refractivity contribution in [2.45, 2.75) is 13.5 Å². The van der Waals surface area contributed by atoms with Crippen LogP contribution in [0.5, 0.6) is 0 Å². The molecule has 1 aromatic heterocycles. The molecule has 0 amide bonds. The zero-order valence-electron chi connectivity index (χ0n) is 9.14. The van der Waals surface area contributed by atoms with Crippen LogP contribution in [-0.4, -0.2) is 10.8 Å². The molecule has 0 aliphatic carbocycles. The fraction of sp³-hybridized carbons (Fsp3) is 0.167. The maximum Gasteiger partial charge on any atom is 0.221 e. The van der Waals surface area contributed by atoms with Gasteiger partial charge >= 0.3 is 0 Å². The molecule has 3 nitrogen and oxygen atoms in total. The number of nitrogens with two attached hydrogens (primary N) is 1. The molecular weight excluding hydrogens is 220 g/mol. The summed E-state index contributed by atoms with van der Waals surface area (Å²) in [6.07, 6.45) is 8.47. The van der Waals surface area contributed by atoms with Gasteiger partial charge in [-0.2, -0.15) is 0 Å². The van der Waals surface area contributed by atoms with Crippen LogP contribution in [0.2, 0.25) is 0 Å². The van der Waals surface area contributed by atoms with Crippen molar-refractivity contribution >= 4 is 17.1 Å². The van der Waals surface area contributed by atoms with Crippen molar-refractivity contribution in [3.05, 3.63) is 52.5 Å². The second-order valence-electron chi connectivity index (χ2n) is 3.00. The Bertz CT molecular complexity index is 444. The number of hydrogen-bond acceptors (Lipinski definition) is 4. The summed E-state index contributed by atoms with van der Waals surface area (Å²) >= 11 is 1.33. The van der Waals surface area contributed by atoms with Crippen LogP contribution >= 0.6 is 11.3 Å². The molecule has 0 aliphatic heterocycles. The molecule has 4 heteroatoms. The number of Topliss-reactive ketones (excluding diaryl/α,β-unsaturated/α-hetero) is 1. The topological polar surface area (TPSA) is 56.0 Å². The van der Waals surface area contributed by atoms with Gasteiger partial charge < -0.3 is 5.73 Å². The van der Waals surface area contributed by atoms with Gasteiger partial charge in [-0.1, -0.05) is 30.9 Å². The number of hydrogen-bond donors (Lipinski definition) is 1. The van der Waals surface area contributed by atoms with Gasteiger partial charge in [0.25, 0.3) is 0 Å². The second kappa shape index (κ2) is 6.15. The van der Waals surface area contributed by atoms with Crippen molar-refractivity contribution in [1.29, 1.82) is 0 Å². The number of ketones is 1. The normalized spacial score (nSPS) is 12.0. The van der Waals surface area contributed by atoms with Gasteiger partial charge in [-0.05, 0) is 6.92 Å². The van der Waals surface area contributed by atoms with E-state index < -0.39 is 0 Å². The molecule has 0 aliphatic rings. The van der Waals surface area contributed by atoms with Crippen LogP contribution < -0.4 is 5.73 Å². The minimum Gasteiger partial charge on any atom is -0.326 e. The summed E-state index contributed by atoms with van der Waals surface area (Å²) in [4.78, 5) is 16.9. The molecule has 1 rings (SSSR count). The first-order chi connectivity index (χ1) is 7.72. The largest absolute Gasteiger partial charge is 0.326 e. The van der Waals surface area contributed by atoms with Crippen molar-refractivity contribution in [2.24, 2.45) is 5.73 Å². The molecule has 0 bridgehead atoms. The molecule has 1 heterocycles. The SMILES string of the molecule is C=C/C=C\C(=C/C)C(=O)c1ncc(CN)s1. The molecule has 0 spiro atoms. The van der Waals surface area contributed by atoms with E-state index in [1.807, 2.05) is 6.92 Å². The average molecular weight is 234 g/mol. The van der Waals surface area contributed by atoms with E-state index in [0.717, 1.165) is 4.88 Å². The van der Waals surface area contributed by atoms with E-state index >= 15 is 0 Å². The van der Waals surface area contributed by atoms with Crippen molar-refractivity contribution < 1.29 is 4.79 Å². The Kier molecular flexibility index (Phi) is 4.82. The number of aromatic nitrogens is 1. The highest BCUT2D eigenvalue weighted by atomic mass is 32.1. The molecule has 2 N–H and O–H groups in total. The van der Waals surface area contributed by atoms with E-state index in [4.69, 9.17) is 5.73 Å². The maximum absolute atomic E-state index is 12.0. The third-order valence-corrected chi connectivity index (χ3v) is 2.95. The Labute approximate surface area is 99.0 Å². The number of nitrogens with zero attached hydrogens (tertiary/aromatic N) is 1. The van der Waals surface area contributed by atoms with Gasteiger partial charge in [0, 0.05) is 23.2 Å². The summed E-state index contributed by atoms with van der Waals surface area (Å²) in [5.74, 6) is -0.0784.